The molecule has 15 atom stereocenters. The van der Waals surface area contributed by atoms with Crippen LogP contribution < -0.4 is 16.0 Å². The third-order valence-electron chi connectivity index (χ3n) is 15.8. The van der Waals surface area contributed by atoms with Crippen molar-refractivity contribution in [3.63, 3.8) is 0 Å². The van der Waals surface area contributed by atoms with Crippen molar-refractivity contribution in [3.8, 4) is 0 Å². The molecule has 7 rings (SSSR count). The summed E-state index contributed by atoms with van der Waals surface area (Å²) in [6.07, 6.45) is 11.2. The molecule has 6 unspecified atom stereocenters. The van der Waals surface area contributed by atoms with Crippen molar-refractivity contribution in [1.29, 1.82) is 0 Å². The van der Waals surface area contributed by atoms with Crippen LogP contribution in [0.2, 0.25) is 0 Å². The number of amides is 3. The number of hydrogen-bond donors (Lipinski definition) is 3. The van der Waals surface area contributed by atoms with Crippen LogP contribution in [0.1, 0.15) is 169 Å². The van der Waals surface area contributed by atoms with Crippen molar-refractivity contribution in [2.45, 2.75) is 169 Å². The van der Waals surface area contributed by atoms with Gasteiger partial charge in [-0.25, -0.2) is 0 Å². The smallest absolute Gasteiger partial charge is 0.227 e. The Morgan fingerprint density at radius 3 is 1.22 bits per heavy atom. The van der Waals surface area contributed by atoms with E-state index in [0.29, 0.717) is 23.7 Å². The molecule has 0 bridgehead atoms. The Balaban J connectivity index is -0.000000395. The predicted octanol–water partition coefficient (Wildman–Crippen LogP) is 14.6. The SMILES string of the molecule is CC.CC.CC.CC.C[C@@H]1[C@H](C)CC[C@@H]1C1CCC1C(=O)Nc1ccccc1.C[N-]C(=O)C1CCNCC1[C@H]1CC[C@@H](C)[C@H]1C.C[N-]C(=O)C1CNCC1[C@H]1CC[C@@H](C)[C@H]1C.[CH2-]C.[CH2-]C.[Y].[Y]. The number of para-hydroxylation sites is 1. The molecule has 4 saturated carbocycles. The molecule has 8 nitrogen and oxygen atoms in total. The first kappa shape index (κ1) is 73.3. The van der Waals surface area contributed by atoms with Crippen molar-refractivity contribution in [2.75, 3.05) is 45.6 Å². The molecule has 2 aliphatic heterocycles. The summed E-state index contributed by atoms with van der Waals surface area (Å²) in [5.41, 5.74) is 0.927. The summed E-state index contributed by atoms with van der Waals surface area (Å²) in [4.78, 5) is 36.1. The molecule has 2 saturated heterocycles. The van der Waals surface area contributed by atoms with Crippen LogP contribution in [0.5, 0.6) is 0 Å². The molecule has 10 heteroatoms. The van der Waals surface area contributed by atoms with Crippen LogP contribution in [-0.2, 0) is 79.8 Å². The van der Waals surface area contributed by atoms with E-state index in [2.05, 4.69) is 82.0 Å². The van der Waals surface area contributed by atoms with Crippen LogP contribution in [0.15, 0.2) is 30.3 Å². The van der Waals surface area contributed by atoms with Crippen molar-refractivity contribution in [1.82, 2.24) is 10.6 Å². The number of rotatable bonds is 7. The van der Waals surface area contributed by atoms with Gasteiger partial charge in [0.25, 0.3) is 0 Å². The molecule has 388 valence electrons. The molecule has 0 aromatic heterocycles. The molecular weight excluding hydrogens is 980 g/mol. The molecule has 6 aliphatic rings. The summed E-state index contributed by atoms with van der Waals surface area (Å²) < 4.78 is 0. The van der Waals surface area contributed by atoms with E-state index in [1.807, 2.05) is 85.7 Å². The quantitative estimate of drug-likeness (QED) is 0.235. The minimum absolute atomic E-state index is 0. The molecule has 2 heterocycles. The van der Waals surface area contributed by atoms with E-state index in [4.69, 9.17) is 0 Å². The molecule has 3 N–H and O–H groups in total. The molecule has 3 amide bonds. The Hall–Kier alpha value is -0.242. The predicted molar refractivity (Wildman–Crippen MR) is 285 cm³/mol. The second kappa shape index (κ2) is 43.3. The molecule has 2 radical (unpaired) electrons. The Labute approximate surface area is 467 Å². The fraction of sp³-hybridized carbons (Fsp3) is 0.807. The number of carbonyl (C=O) groups is 3. The van der Waals surface area contributed by atoms with Crippen LogP contribution in [-0.4, -0.2) is 58.0 Å². The van der Waals surface area contributed by atoms with E-state index in [-0.39, 0.29) is 101 Å². The Morgan fingerprint density at radius 2 is 0.851 bits per heavy atom. The van der Waals surface area contributed by atoms with Gasteiger partial charge in [0.05, 0.1) is 11.8 Å². The first-order valence-electron chi connectivity index (χ1n) is 26.9. The molecule has 1 aromatic rings. The summed E-state index contributed by atoms with van der Waals surface area (Å²) in [5.74, 6) is 9.67. The molecule has 6 fully saturated rings. The fourth-order valence-electron chi connectivity index (χ4n) is 11.5. The minimum Gasteiger partial charge on any atom is -0.656 e. The van der Waals surface area contributed by atoms with Gasteiger partial charge in [-0.15, -0.1) is 14.1 Å². The number of nitrogens with one attached hydrogen (secondary N) is 3. The molecule has 1 aromatic carbocycles. The number of anilines is 1. The largest absolute Gasteiger partial charge is 0.656 e. The number of hydrogen-bond acceptors (Lipinski definition) is 5. The summed E-state index contributed by atoms with van der Waals surface area (Å²) >= 11 is 0. The van der Waals surface area contributed by atoms with Gasteiger partial charge in [-0.1, -0.05) is 134 Å². The van der Waals surface area contributed by atoms with Crippen molar-refractivity contribution in [2.24, 2.45) is 88.8 Å². The topological polar surface area (TPSA) is 116 Å². The summed E-state index contributed by atoms with van der Waals surface area (Å²) in [6, 6.07) is 9.84. The van der Waals surface area contributed by atoms with Crippen LogP contribution in [0.25, 0.3) is 10.6 Å². The molecule has 0 spiro atoms. The average Bonchev–Trinajstić information content (AvgIpc) is 4.14. The van der Waals surface area contributed by atoms with Gasteiger partial charge in [0.1, 0.15) is 0 Å². The van der Waals surface area contributed by atoms with Gasteiger partial charge in [0.15, 0.2) is 0 Å². The zero-order chi connectivity index (χ0) is 50.2. The zero-order valence-electron chi connectivity index (χ0n) is 46.9. The van der Waals surface area contributed by atoms with Crippen LogP contribution in [0, 0.1) is 103 Å². The van der Waals surface area contributed by atoms with E-state index in [9.17, 15) is 14.4 Å². The van der Waals surface area contributed by atoms with Gasteiger partial charge < -0.3 is 50.0 Å². The van der Waals surface area contributed by atoms with Crippen LogP contribution in [0.3, 0.4) is 0 Å². The van der Waals surface area contributed by atoms with E-state index >= 15 is 0 Å². The number of carbonyl (C=O) groups excluding carboxylic acids is 3. The summed E-state index contributed by atoms with van der Waals surface area (Å²) in [7, 11) is 3.26. The normalized spacial score (nSPS) is 32.6. The maximum absolute atomic E-state index is 12.4. The van der Waals surface area contributed by atoms with Crippen molar-refractivity contribution in [3.05, 3.63) is 54.8 Å². The first-order chi connectivity index (χ1) is 31.5. The van der Waals surface area contributed by atoms with Gasteiger partial charge in [0, 0.05) is 95.4 Å². The maximum atomic E-state index is 12.4. The van der Waals surface area contributed by atoms with E-state index in [1.165, 1.54) is 44.9 Å². The minimum atomic E-state index is 0. The zero-order valence-corrected chi connectivity index (χ0v) is 52.6. The average molecular weight is 1090 g/mol. The van der Waals surface area contributed by atoms with Crippen molar-refractivity contribution >= 4 is 23.4 Å². The monoisotopic (exact) mass is 1090 g/mol. The third kappa shape index (κ3) is 22.6. The van der Waals surface area contributed by atoms with Gasteiger partial charge >= 0.3 is 0 Å². The molecule has 67 heavy (non-hydrogen) atoms. The number of benzene rings is 1. The van der Waals surface area contributed by atoms with Gasteiger partial charge in [-0.05, 0) is 141 Å². The molecular formula is C57H107N5O3Y2-4. The maximum Gasteiger partial charge on any atom is 0.227 e. The Kier molecular flexibility index (Phi) is 47.4. The van der Waals surface area contributed by atoms with E-state index in [1.54, 1.807) is 27.9 Å². The Morgan fingerprint density at radius 1 is 0.478 bits per heavy atom. The van der Waals surface area contributed by atoms with E-state index < -0.39 is 0 Å². The summed E-state index contributed by atoms with van der Waals surface area (Å²) in [6.45, 7) is 44.0. The van der Waals surface area contributed by atoms with Gasteiger partial charge in [0.2, 0.25) is 5.91 Å². The van der Waals surface area contributed by atoms with Crippen LogP contribution in [0.4, 0.5) is 5.69 Å². The number of nitrogens with zero attached hydrogens (tertiary/aromatic N) is 2. The first-order valence-corrected chi connectivity index (χ1v) is 26.9. The van der Waals surface area contributed by atoms with Crippen molar-refractivity contribution < 1.29 is 79.8 Å². The third-order valence-corrected chi connectivity index (χ3v) is 15.8. The second-order valence-corrected chi connectivity index (χ2v) is 18.3. The van der Waals surface area contributed by atoms with Crippen LogP contribution >= 0.6 is 0 Å². The standard InChI is InChI=1S/C18H25NO.C14H26N2O.C13H24N2O.4C2H6.2C2H5.2Y/c1-12-8-9-15(13(12)2)16-10-11-17(16)18(20)19-14-6-4-3-5-7-14;1-9-4-5-11(10(9)2)13-8-16-7-6-12(13)14(17)15-3;1-8-4-5-10(9(8)2)11-6-15-7-12(11)13(16)14-3;6*1-2;;/h3-7,12-13,15-17H,8-11H2,1-2H3,(H,19,20);9-13,16H,4-8H2,1-3H3,(H,15,17);8-12,15H,4-7H2,1-3H3,(H,14,16);4*1-2H3;2*1H2,2H3;;/q;;;;;;;2*-1;;/p-2/t12-,13-,15+,16?,17?;9-,10-,11+,12?,13?;8-,9-,10+,11?,12?;;;;;;;;/m111......../s1. The second-order valence-electron chi connectivity index (χ2n) is 18.3. The Bertz CT molecular complexity index is 1340. The fourth-order valence-corrected chi connectivity index (χ4v) is 11.5. The number of piperidine rings is 1. The van der Waals surface area contributed by atoms with E-state index in [0.717, 1.165) is 92.1 Å². The van der Waals surface area contributed by atoms with Gasteiger partial charge in [-0.3, -0.25) is 4.79 Å². The molecule has 4 aliphatic carbocycles. The van der Waals surface area contributed by atoms with Gasteiger partial charge in [-0.2, -0.15) is 13.8 Å². The summed E-state index contributed by atoms with van der Waals surface area (Å²) in [5, 5.41) is 17.7.